The van der Waals surface area contributed by atoms with Crippen molar-refractivity contribution in [2.75, 3.05) is 26.2 Å². The van der Waals surface area contributed by atoms with E-state index in [1.54, 1.807) is 30.5 Å². The van der Waals surface area contributed by atoms with Crippen LogP contribution in [0.15, 0.2) is 65.7 Å². The van der Waals surface area contributed by atoms with Crippen molar-refractivity contribution in [2.24, 2.45) is 0 Å². The molecule has 2 heterocycles. The fraction of sp³-hybridized carbons (Fsp3) is 0.263. The lowest BCUT2D eigenvalue weighted by molar-refractivity contribution is 0.234. The van der Waals surface area contributed by atoms with Gasteiger partial charge in [0.15, 0.2) is 0 Å². The number of piperazine rings is 1. The van der Waals surface area contributed by atoms with Gasteiger partial charge in [-0.25, -0.2) is 12.4 Å². The number of aromatic nitrogens is 1. The van der Waals surface area contributed by atoms with Gasteiger partial charge >= 0.3 is 0 Å². The molecule has 1 fully saturated rings. The van der Waals surface area contributed by atoms with Crippen LogP contribution in [0.4, 0.5) is 0 Å². The summed E-state index contributed by atoms with van der Waals surface area (Å²) in [5.41, 5.74) is 1.90. The average molecular weight is 392 g/mol. The monoisotopic (exact) mass is 391 g/mol. The number of halogens is 1. The zero-order valence-electron chi connectivity index (χ0n) is 14.3. The average Bonchev–Trinajstić information content (AvgIpc) is 3.09. The fourth-order valence-electron chi connectivity index (χ4n) is 3.37. The molecule has 1 N–H and O–H groups in total. The van der Waals surface area contributed by atoms with Crippen LogP contribution in [0.2, 0.25) is 0 Å². The first-order valence-corrected chi connectivity index (χ1v) is 9.93. The molecule has 3 aromatic rings. The number of hydrogen-bond donors (Lipinski definition) is 1. The van der Waals surface area contributed by atoms with Crippen LogP contribution in [0.1, 0.15) is 5.56 Å². The molecule has 5 nitrogen and oxygen atoms in total. The normalized spacial score (nSPS) is 15.7. The zero-order valence-corrected chi connectivity index (χ0v) is 16.0. The molecule has 4 rings (SSSR count). The van der Waals surface area contributed by atoms with E-state index < -0.39 is 10.0 Å². The SMILES string of the molecule is Cl.O=S(=O)(c1ccccc1)n1ccc2c(CN3CCNCC3)cccc21. The van der Waals surface area contributed by atoms with E-state index in [1.165, 1.54) is 9.54 Å². The molecule has 1 aliphatic rings. The van der Waals surface area contributed by atoms with Crippen LogP contribution in [-0.4, -0.2) is 43.5 Å². The van der Waals surface area contributed by atoms with Gasteiger partial charge in [0, 0.05) is 44.3 Å². The Labute approximate surface area is 160 Å². The van der Waals surface area contributed by atoms with Crippen LogP contribution in [0, 0.1) is 0 Å². The molecule has 0 bridgehead atoms. The minimum absolute atomic E-state index is 0. The zero-order chi connectivity index (χ0) is 17.3. The topological polar surface area (TPSA) is 54.3 Å². The molecule has 0 atom stereocenters. The van der Waals surface area contributed by atoms with Crippen molar-refractivity contribution < 1.29 is 8.42 Å². The number of nitrogens with zero attached hydrogens (tertiary/aromatic N) is 2. The lowest BCUT2D eigenvalue weighted by Gasteiger charge is -2.27. The number of hydrogen-bond acceptors (Lipinski definition) is 4. The van der Waals surface area contributed by atoms with Gasteiger partial charge in [0.05, 0.1) is 10.4 Å². The predicted molar refractivity (Wildman–Crippen MR) is 106 cm³/mol. The third-order valence-electron chi connectivity index (χ3n) is 4.69. The highest BCUT2D eigenvalue weighted by Gasteiger charge is 2.20. The van der Waals surface area contributed by atoms with Gasteiger partial charge in [-0.3, -0.25) is 4.90 Å². The second kappa shape index (κ2) is 7.80. The Balaban J connectivity index is 0.00000196. The highest BCUT2D eigenvalue weighted by atomic mass is 35.5. The predicted octanol–water partition coefficient (Wildman–Crippen LogP) is 2.71. The fourth-order valence-corrected chi connectivity index (χ4v) is 4.74. The number of rotatable bonds is 4. The van der Waals surface area contributed by atoms with Gasteiger partial charge in [-0.2, -0.15) is 0 Å². The summed E-state index contributed by atoms with van der Waals surface area (Å²) in [6.07, 6.45) is 1.66. The molecule has 0 radical (unpaired) electrons. The van der Waals surface area contributed by atoms with Crippen molar-refractivity contribution in [1.82, 2.24) is 14.2 Å². The van der Waals surface area contributed by atoms with Crippen LogP contribution >= 0.6 is 12.4 Å². The molecular weight excluding hydrogens is 370 g/mol. The number of benzene rings is 2. The smallest absolute Gasteiger partial charge is 0.268 e. The van der Waals surface area contributed by atoms with Gasteiger partial charge < -0.3 is 5.32 Å². The summed E-state index contributed by atoms with van der Waals surface area (Å²) in [5.74, 6) is 0. The summed E-state index contributed by atoms with van der Waals surface area (Å²) in [7, 11) is -3.58. The van der Waals surface area contributed by atoms with Gasteiger partial charge in [-0.15, -0.1) is 12.4 Å². The lowest BCUT2D eigenvalue weighted by atomic mass is 10.1. The van der Waals surface area contributed by atoms with Crippen LogP contribution in [0.25, 0.3) is 10.9 Å². The van der Waals surface area contributed by atoms with Gasteiger partial charge in [-0.05, 0) is 29.8 Å². The third kappa shape index (κ3) is 3.50. The summed E-state index contributed by atoms with van der Waals surface area (Å²) >= 11 is 0. The number of fused-ring (bicyclic) bond motifs is 1. The van der Waals surface area contributed by atoms with Crippen molar-refractivity contribution >= 4 is 33.3 Å². The maximum atomic E-state index is 13.0. The van der Waals surface area contributed by atoms with Gasteiger partial charge in [0.1, 0.15) is 0 Å². The molecule has 7 heteroatoms. The Morgan fingerprint density at radius 2 is 1.65 bits per heavy atom. The summed E-state index contributed by atoms with van der Waals surface area (Å²) < 4.78 is 27.3. The van der Waals surface area contributed by atoms with E-state index in [1.807, 2.05) is 24.3 Å². The maximum Gasteiger partial charge on any atom is 0.268 e. The van der Waals surface area contributed by atoms with Crippen molar-refractivity contribution in [1.29, 1.82) is 0 Å². The van der Waals surface area contributed by atoms with Crippen molar-refractivity contribution in [3.05, 3.63) is 66.4 Å². The van der Waals surface area contributed by atoms with Crippen LogP contribution in [0.5, 0.6) is 0 Å². The molecule has 0 amide bonds. The molecular formula is C19H22ClN3O2S. The van der Waals surface area contributed by atoms with E-state index in [-0.39, 0.29) is 12.4 Å². The van der Waals surface area contributed by atoms with E-state index in [0.717, 1.165) is 43.6 Å². The highest BCUT2D eigenvalue weighted by Crippen LogP contribution is 2.25. The Morgan fingerprint density at radius 3 is 2.38 bits per heavy atom. The molecule has 1 aliphatic heterocycles. The molecule has 138 valence electrons. The Kier molecular flexibility index (Phi) is 5.67. The molecule has 2 aromatic carbocycles. The first-order valence-electron chi connectivity index (χ1n) is 8.49. The quantitative estimate of drug-likeness (QED) is 0.743. The third-order valence-corrected chi connectivity index (χ3v) is 6.40. The van der Waals surface area contributed by atoms with Gasteiger partial charge in [0.2, 0.25) is 0 Å². The standard InChI is InChI=1S/C19H21N3O2S.ClH/c23-25(24,17-6-2-1-3-7-17)22-12-9-18-16(5-4-8-19(18)22)15-21-13-10-20-11-14-21;/h1-9,12,20H,10-11,13-15H2;1H. The van der Waals surface area contributed by atoms with Crippen molar-refractivity contribution in [3.8, 4) is 0 Å². The van der Waals surface area contributed by atoms with Gasteiger partial charge in [0.25, 0.3) is 10.0 Å². The highest BCUT2D eigenvalue weighted by molar-refractivity contribution is 7.90. The second-order valence-electron chi connectivity index (χ2n) is 6.31. The van der Waals surface area contributed by atoms with Gasteiger partial charge in [-0.1, -0.05) is 30.3 Å². The molecule has 0 spiro atoms. The molecule has 0 aliphatic carbocycles. The van der Waals surface area contributed by atoms with Crippen LogP contribution in [0.3, 0.4) is 0 Å². The van der Waals surface area contributed by atoms with Crippen LogP contribution in [-0.2, 0) is 16.6 Å². The minimum Gasteiger partial charge on any atom is -0.314 e. The first kappa shape index (κ1) is 18.9. The Bertz CT molecular complexity index is 980. The molecule has 1 aromatic heterocycles. The molecule has 0 unspecified atom stereocenters. The van der Waals surface area contributed by atoms with E-state index in [2.05, 4.69) is 16.3 Å². The minimum atomic E-state index is -3.58. The van der Waals surface area contributed by atoms with E-state index in [0.29, 0.717) is 4.90 Å². The molecule has 1 saturated heterocycles. The van der Waals surface area contributed by atoms with Crippen LogP contribution < -0.4 is 5.32 Å². The Hall–Kier alpha value is -1.86. The molecule has 0 saturated carbocycles. The lowest BCUT2D eigenvalue weighted by Crippen LogP contribution is -2.42. The maximum absolute atomic E-state index is 13.0. The molecule has 26 heavy (non-hydrogen) atoms. The summed E-state index contributed by atoms with van der Waals surface area (Å²) in [6.45, 7) is 4.87. The van der Waals surface area contributed by atoms with E-state index in [9.17, 15) is 8.42 Å². The summed E-state index contributed by atoms with van der Waals surface area (Å²) in [6, 6.07) is 16.4. The van der Waals surface area contributed by atoms with Crippen molar-refractivity contribution in [3.63, 3.8) is 0 Å². The summed E-state index contributed by atoms with van der Waals surface area (Å²) in [4.78, 5) is 2.70. The Morgan fingerprint density at radius 1 is 0.923 bits per heavy atom. The van der Waals surface area contributed by atoms with Crippen molar-refractivity contribution in [2.45, 2.75) is 11.4 Å². The summed E-state index contributed by atoms with van der Waals surface area (Å²) in [5, 5.41) is 4.36. The first-order chi connectivity index (χ1) is 12.2. The largest absolute Gasteiger partial charge is 0.314 e. The second-order valence-corrected chi connectivity index (χ2v) is 8.12. The van der Waals surface area contributed by atoms with E-state index in [4.69, 9.17) is 0 Å². The number of nitrogens with one attached hydrogen (secondary N) is 1. The van der Waals surface area contributed by atoms with E-state index >= 15 is 0 Å².